The third-order valence-corrected chi connectivity index (χ3v) is 4.85. The lowest BCUT2D eigenvalue weighted by Gasteiger charge is -2.31. The first kappa shape index (κ1) is 17.5. The van der Waals surface area contributed by atoms with E-state index in [0.29, 0.717) is 29.6 Å². The maximum atomic E-state index is 14.0. The molecule has 3 aromatic rings. The van der Waals surface area contributed by atoms with E-state index in [1.54, 1.807) is 42.5 Å². The first-order chi connectivity index (χ1) is 12.9. The Morgan fingerprint density at radius 3 is 2.52 bits per heavy atom. The van der Waals surface area contributed by atoms with Gasteiger partial charge in [0.2, 0.25) is 0 Å². The molecular formula is C20H18F3N3O. The fourth-order valence-electron chi connectivity index (χ4n) is 3.71. The molecule has 0 aliphatic carbocycles. The predicted octanol–water partition coefficient (Wildman–Crippen LogP) is 5.25. The van der Waals surface area contributed by atoms with Crippen molar-refractivity contribution in [3.63, 3.8) is 0 Å². The number of H-pyrrole nitrogens is 1. The van der Waals surface area contributed by atoms with Crippen LogP contribution in [0.25, 0.3) is 10.9 Å². The fraction of sp³-hybridized carbons (Fsp3) is 0.250. The molecule has 2 aromatic carbocycles. The van der Waals surface area contributed by atoms with Crippen LogP contribution < -0.4 is 5.32 Å². The van der Waals surface area contributed by atoms with Crippen LogP contribution in [0.2, 0.25) is 0 Å². The van der Waals surface area contributed by atoms with E-state index < -0.39 is 18.2 Å². The van der Waals surface area contributed by atoms with Gasteiger partial charge >= 0.3 is 12.2 Å². The second-order valence-corrected chi connectivity index (χ2v) is 6.60. The molecule has 0 fully saturated rings. The summed E-state index contributed by atoms with van der Waals surface area (Å²) >= 11 is 0. The number of hydrogen-bond acceptors (Lipinski definition) is 1. The molecular weight excluding hydrogens is 355 g/mol. The zero-order valence-electron chi connectivity index (χ0n) is 14.4. The van der Waals surface area contributed by atoms with Gasteiger partial charge in [-0.25, -0.2) is 4.79 Å². The Morgan fingerprint density at radius 1 is 1.07 bits per heavy atom. The quantitative estimate of drug-likeness (QED) is 0.601. The fourth-order valence-corrected chi connectivity index (χ4v) is 3.71. The number of urea groups is 1. The Hall–Kier alpha value is -2.96. The van der Waals surface area contributed by atoms with Crippen molar-refractivity contribution in [2.24, 2.45) is 0 Å². The van der Waals surface area contributed by atoms with Crippen LogP contribution in [0.5, 0.6) is 0 Å². The summed E-state index contributed by atoms with van der Waals surface area (Å²) in [7, 11) is 0. The molecule has 0 bridgehead atoms. The number of aryl methyl sites for hydroxylation is 1. The third kappa shape index (κ3) is 3.25. The van der Waals surface area contributed by atoms with Crippen LogP contribution >= 0.6 is 0 Å². The van der Waals surface area contributed by atoms with Crippen LogP contribution in [0.4, 0.5) is 23.7 Å². The van der Waals surface area contributed by atoms with Crippen molar-refractivity contribution in [1.82, 2.24) is 9.88 Å². The molecule has 2 heterocycles. The summed E-state index contributed by atoms with van der Waals surface area (Å²) in [5.74, 6) is 0. The van der Waals surface area contributed by atoms with Crippen molar-refractivity contribution in [1.29, 1.82) is 0 Å². The molecule has 1 atom stereocenters. The number of rotatable bonds is 1. The number of carbonyl (C=O) groups excluding carboxylic acids is 1. The average Bonchev–Trinajstić information content (AvgIpc) is 2.86. The minimum Gasteiger partial charge on any atom is -0.356 e. The summed E-state index contributed by atoms with van der Waals surface area (Å²) in [6.45, 7) is 0.0275. The highest BCUT2D eigenvalue weighted by molar-refractivity contribution is 5.90. The zero-order valence-corrected chi connectivity index (χ0v) is 14.4. The van der Waals surface area contributed by atoms with Crippen LogP contribution in [-0.2, 0) is 6.42 Å². The van der Waals surface area contributed by atoms with Gasteiger partial charge in [-0.3, -0.25) is 0 Å². The van der Waals surface area contributed by atoms with Crippen molar-refractivity contribution >= 4 is 22.6 Å². The van der Waals surface area contributed by atoms with Gasteiger partial charge in [0.05, 0.1) is 5.69 Å². The van der Waals surface area contributed by atoms with E-state index >= 15 is 0 Å². The highest BCUT2D eigenvalue weighted by Crippen LogP contribution is 2.43. The number of carbonyl (C=O) groups is 1. The number of nitrogens with zero attached hydrogens (tertiary/aromatic N) is 1. The Morgan fingerprint density at radius 2 is 1.78 bits per heavy atom. The van der Waals surface area contributed by atoms with E-state index in [-0.39, 0.29) is 12.2 Å². The maximum absolute atomic E-state index is 14.0. The predicted molar refractivity (Wildman–Crippen MR) is 97.6 cm³/mol. The monoisotopic (exact) mass is 373 g/mol. The number of alkyl halides is 3. The molecule has 4 nitrogen and oxygen atoms in total. The van der Waals surface area contributed by atoms with Gasteiger partial charge in [-0.15, -0.1) is 0 Å². The lowest BCUT2D eigenvalue weighted by atomic mass is 10.0. The summed E-state index contributed by atoms with van der Waals surface area (Å²) in [6.07, 6.45) is -3.64. The molecule has 4 rings (SSSR count). The van der Waals surface area contributed by atoms with Crippen LogP contribution in [0.1, 0.15) is 23.7 Å². The molecule has 1 aromatic heterocycles. The highest BCUT2D eigenvalue weighted by Gasteiger charge is 2.49. The molecule has 1 unspecified atom stereocenters. The van der Waals surface area contributed by atoms with Gasteiger partial charge < -0.3 is 15.2 Å². The molecule has 0 saturated heterocycles. The topological polar surface area (TPSA) is 48.1 Å². The molecule has 2 amide bonds. The molecule has 1 aliphatic heterocycles. The average molecular weight is 373 g/mol. The van der Waals surface area contributed by atoms with Crippen molar-refractivity contribution in [3.8, 4) is 0 Å². The second kappa shape index (κ2) is 6.64. The number of hydrogen-bond donors (Lipinski definition) is 2. The Labute approximate surface area is 154 Å². The smallest absolute Gasteiger partial charge is 0.356 e. The number of aromatic nitrogens is 1. The SMILES string of the molecule is O=C(Nc1ccccc1)N1CCCc2c([nH]c3ccccc23)C1C(F)(F)F. The van der Waals surface area contributed by atoms with Gasteiger partial charge in [0.25, 0.3) is 0 Å². The number of anilines is 1. The minimum absolute atomic E-state index is 0.0275. The molecule has 140 valence electrons. The normalized spacial score (nSPS) is 17.4. The molecule has 0 spiro atoms. The van der Waals surface area contributed by atoms with Gasteiger partial charge in [0, 0.05) is 23.1 Å². The minimum atomic E-state index is -4.59. The lowest BCUT2D eigenvalue weighted by molar-refractivity contribution is -0.178. The summed E-state index contributed by atoms with van der Waals surface area (Å²) < 4.78 is 42.1. The Bertz CT molecular complexity index is 966. The number of fused-ring (bicyclic) bond motifs is 3. The van der Waals surface area contributed by atoms with Gasteiger partial charge in [-0.1, -0.05) is 36.4 Å². The van der Waals surface area contributed by atoms with Crippen LogP contribution in [-0.4, -0.2) is 28.6 Å². The number of aromatic amines is 1. The third-order valence-electron chi connectivity index (χ3n) is 4.85. The van der Waals surface area contributed by atoms with Gasteiger partial charge in [0.15, 0.2) is 6.04 Å². The van der Waals surface area contributed by atoms with E-state index in [1.807, 2.05) is 12.1 Å². The Balaban J connectivity index is 1.76. The van der Waals surface area contributed by atoms with E-state index in [9.17, 15) is 18.0 Å². The van der Waals surface area contributed by atoms with Gasteiger partial charge in [-0.05, 0) is 36.6 Å². The number of halogens is 3. The van der Waals surface area contributed by atoms with Crippen LogP contribution in [0, 0.1) is 0 Å². The first-order valence-electron chi connectivity index (χ1n) is 8.74. The summed E-state index contributed by atoms with van der Waals surface area (Å²) in [5.41, 5.74) is 1.82. The molecule has 7 heteroatoms. The van der Waals surface area contributed by atoms with Crippen molar-refractivity contribution in [2.45, 2.75) is 25.1 Å². The van der Waals surface area contributed by atoms with E-state index in [2.05, 4.69) is 10.3 Å². The van der Waals surface area contributed by atoms with E-state index in [4.69, 9.17) is 0 Å². The zero-order chi connectivity index (χ0) is 19.0. The van der Waals surface area contributed by atoms with Crippen LogP contribution in [0.15, 0.2) is 54.6 Å². The number of para-hydroxylation sites is 2. The number of amides is 2. The lowest BCUT2D eigenvalue weighted by Crippen LogP contribution is -2.44. The number of nitrogens with one attached hydrogen (secondary N) is 2. The molecule has 0 saturated carbocycles. The van der Waals surface area contributed by atoms with Crippen molar-refractivity contribution in [2.75, 3.05) is 11.9 Å². The largest absolute Gasteiger partial charge is 0.414 e. The van der Waals surface area contributed by atoms with Crippen molar-refractivity contribution in [3.05, 3.63) is 65.9 Å². The number of benzene rings is 2. The highest BCUT2D eigenvalue weighted by atomic mass is 19.4. The Kier molecular flexibility index (Phi) is 4.30. The molecule has 1 aliphatic rings. The van der Waals surface area contributed by atoms with E-state index in [0.717, 1.165) is 10.3 Å². The summed E-state index contributed by atoms with van der Waals surface area (Å²) in [5, 5.41) is 3.36. The summed E-state index contributed by atoms with van der Waals surface area (Å²) in [6, 6.07) is 12.9. The van der Waals surface area contributed by atoms with Gasteiger partial charge in [-0.2, -0.15) is 13.2 Å². The van der Waals surface area contributed by atoms with Crippen LogP contribution in [0.3, 0.4) is 0 Å². The second-order valence-electron chi connectivity index (χ2n) is 6.60. The molecule has 0 radical (unpaired) electrons. The molecule has 27 heavy (non-hydrogen) atoms. The molecule has 2 N–H and O–H groups in total. The maximum Gasteiger partial charge on any atom is 0.414 e. The van der Waals surface area contributed by atoms with Gasteiger partial charge in [0.1, 0.15) is 0 Å². The van der Waals surface area contributed by atoms with E-state index in [1.165, 1.54) is 0 Å². The first-order valence-corrected chi connectivity index (χ1v) is 8.74. The van der Waals surface area contributed by atoms with Crippen molar-refractivity contribution < 1.29 is 18.0 Å². The summed E-state index contributed by atoms with van der Waals surface area (Å²) in [4.78, 5) is 16.5. The standard InChI is InChI=1S/C20H18F3N3O/c21-20(22,23)18-17-15(14-9-4-5-11-16(14)25-17)10-6-12-26(18)19(27)24-13-7-2-1-3-8-13/h1-5,7-9,11,18,25H,6,10,12H2,(H,24,27).